The monoisotopic (exact) mass is 285 g/mol. The molecule has 2 rings (SSSR count). The van der Waals surface area contributed by atoms with Gasteiger partial charge in [0.25, 0.3) is 0 Å². The molecule has 0 unspecified atom stereocenters. The van der Waals surface area contributed by atoms with E-state index in [1.165, 1.54) is 12.1 Å². The van der Waals surface area contributed by atoms with Gasteiger partial charge in [-0.15, -0.1) is 0 Å². The van der Waals surface area contributed by atoms with Crippen molar-refractivity contribution in [1.29, 1.82) is 0 Å². The Bertz CT molecular complexity index is 678. The highest BCUT2D eigenvalue weighted by molar-refractivity contribution is 5.87. The normalized spacial score (nSPS) is 10.8. The van der Waals surface area contributed by atoms with Gasteiger partial charge in [-0.3, -0.25) is 0 Å². The molecule has 0 fully saturated rings. The van der Waals surface area contributed by atoms with Crippen LogP contribution < -0.4 is 4.90 Å². The van der Waals surface area contributed by atoms with Crippen molar-refractivity contribution < 1.29 is 14.3 Å². The lowest BCUT2D eigenvalue weighted by molar-refractivity contribution is -0.131. The van der Waals surface area contributed by atoms with Crippen molar-refractivity contribution in [2.75, 3.05) is 11.9 Å². The fourth-order valence-corrected chi connectivity index (χ4v) is 2.08. The maximum atomic E-state index is 14.2. The second kappa shape index (κ2) is 6.22. The summed E-state index contributed by atoms with van der Waals surface area (Å²) >= 11 is 0. The lowest BCUT2D eigenvalue weighted by atomic mass is 10.1. The van der Waals surface area contributed by atoms with E-state index in [-0.39, 0.29) is 0 Å². The summed E-state index contributed by atoms with van der Waals surface area (Å²) in [6, 6.07) is 12.3. The first kappa shape index (κ1) is 14.8. The number of halogens is 1. The van der Waals surface area contributed by atoms with Crippen molar-refractivity contribution in [3.8, 4) is 0 Å². The Morgan fingerprint density at radius 2 is 1.86 bits per heavy atom. The summed E-state index contributed by atoms with van der Waals surface area (Å²) in [5.41, 5.74) is 2.81. The summed E-state index contributed by atoms with van der Waals surface area (Å²) in [7, 11) is 1.75. The highest BCUT2D eigenvalue weighted by Crippen LogP contribution is 2.30. The molecule has 0 atom stereocenters. The first-order valence-electron chi connectivity index (χ1n) is 6.49. The van der Waals surface area contributed by atoms with Crippen molar-refractivity contribution in [2.45, 2.75) is 6.92 Å². The third kappa shape index (κ3) is 3.48. The summed E-state index contributed by atoms with van der Waals surface area (Å²) in [5, 5.41) is 8.73. The van der Waals surface area contributed by atoms with Crippen LogP contribution in [0.1, 0.15) is 11.1 Å². The molecule has 2 aromatic carbocycles. The fourth-order valence-electron chi connectivity index (χ4n) is 2.08. The lowest BCUT2D eigenvalue weighted by Crippen LogP contribution is -2.12. The van der Waals surface area contributed by atoms with Gasteiger partial charge < -0.3 is 10.0 Å². The van der Waals surface area contributed by atoms with E-state index < -0.39 is 11.8 Å². The zero-order valence-electron chi connectivity index (χ0n) is 11.9. The van der Waals surface area contributed by atoms with Crippen LogP contribution in [0.4, 0.5) is 15.8 Å². The molecule has 1 N–H and O–H groups in total. The van der Waals surface area contributed by atoms with Gasteiger partial charge in [0, 0.05) is 24.4 Å². The summed E-state index contributed by atoms with van der Waals surface area (Å²) in [6.07, 6.45) is 2.40. The van der Waals surface area contributed by atoms with E-state index in [0.717, 1.165) is 17.3 Å². The molecular formula is C17H16FNO2. The fraction of sp³-hybridized carbons (Fsp3) is 0.118. The minimum atomic E-state index is -1.07. The maximum absolute atomic E-state index is 14.2. The first-order valence-corrected chi connectivity index (χ1v) is 6.49. The van der Waals surface area contributed by atoms with Crippen LogP contribution in [0.2, 0.25) is 0 Å². The van der Waals surface area contributed by atoms with Gasteiger partial charge in [0.2, 0.25) is 0 Å². The van der Waals surface area contributed by atoms with Gasteiger partial charge in [-0.05, 0) is 31.2 Å². The van der Waals surface area contributed by atoms with Crippen LogP contribution >= 0.6 is 0 Å². The summed E-state index contributed by atoms with van der Waals surface area (Å²) in [4.78, 5) is 12.4. The van der Waals surface area contributed by atoms with E-state index in [9.17, 15) is 9.18 Å². The summed E-state index contributed by atoms with van der Waals surface area (Å²) in [5.74, 6) is -1.46. The molecule has 3 nitrogen and oxygen atoms in total. The average molecular weight is 285 g/mol. The number of hydrogen-bond donors (Lipinski definition) is 1. The molecule has 108 valence electrons. The van der Waals surface area contributed by atoms with Crippen molar-refractivity contribution in [3.63, 3.8) is 0 Å². The van der Waals surface area contributed by atoms with Gasteiger partial charge in [-0.1, -0.05) is 29.8 Å². The average Bonchev–Trinajstić information content (AvgIpc) is 2.45. The number of carbonyl (C=O) groups is 1. The molecule has 0 aliphatic heterocycles. The van der Waals surface area contributed by atoms with Crippen LogP contribution in [0.15, 0.2) is 48.5 Å². The first-order chi connectivity index (χ1) is 9.99. The lowest BCUT2D eigenvalue weighted by Gasteiger charge is -2.22. The van der Waals surface area contributed by atoms with E-state index in [2.05, 4.69) is 0 Å². The summed E-state index contributed by atoms with van der Waals surface area (Å²) in [6.45, 7) is 1.98. The smallest absolute Gasteiger partial charge is 0.328 e. The van der Waals surface area contributed by atoms with Crippen molar-refractivity contribution in [2.24, 2.45) is 0 Å². The Kier molecular flexibility index (Phi) is 4.38. The zero-order valence-corrected chi connectivity index (χ0v) is 11.9. The standard InChI is InChI=1S/C17H16FNO2/c1-12-6-9-14(10-7-12)19(2)17-13(8-11-16(20)21)4-3-5-15(17)18/h3-11H,1-2H3,(H,20,21)/b11-8+. The SMILES string of the molecule is Cc1ccc(N(C)c2c(F)cccc2/C=C/C(=O)O)cc1. The molecule has 0 saturated carbocycles. The summed E-state index contributed by atoms with van der Waals surface area (Å²) < 4.78 is 14.2. The Morgan fingerprint density at radius 3 is 2.48 bits per heavy atom. The number of nitrogens with zero attached hydrogens (tertiary/aromatic N) is 1. The van der Waals surface area contributed by atoms with Gasteiger partial charge in [-0.2, -0.15) is 0 Å². The van der Waals surface area contributed by atoms with E-state index in [1.54, 1.807) is 24.1 Å². The molecule has 0 aliphatic rings. The molecule has 0 heterocycles. The largest absolute Gasteiger partial charge is 0.478 e. The van der Waals surface area contributed by atoms with Crippen molar-refractivity contribution in [1.82, 2.24) is 0 Å². The van der Waals surface area contributed by atoms with Gasteiger partial charge >= 0.3 is 5.97 Å². The van der Waals surface area contributed by atoms with Crippen LogP contribution in [-0.2, 0) is 4.79 Å². The van der Waals surface area contributed by atoms with Gasteiger partial charge in [0.05, 0.1) is 5.69 Å². The quantitative estimate of drug-likeness (QED) is 0.863. The molecule has 21 heavy (non-hydrogen) atoms. The Hall–Kier alpha value is -2.62. The minimum Gasteiger partial charge on any atom is -0.478 e. The molecule has 4 heteroatoms. The maximum Gasteiger partial charge on any atom is 0.328 e. The predicted octanol–water partition coefficient (Wildman–Crippen LogP) is 4.00. The second-order valence-corrected chi connectivity index (χ2v) is 4.74. The van der Waals surface area contributed by atoms with Crippen molar-refractivity contribution in [3.05, 3.63) is 65.5 Å². The second-order valence-electron chi connectivity index (χ2n) is 4.74. The van der Waals surface area contributed by atoms with Gasteiger partial charge in [-0.25, -0.2) is 9.18 Å². The van der Waals surface area contributed by atoms with Crippen LogP contribution in [-0.4, -0.2) is 18.1 Å². The van der Waals surface area contributed by atoms with Crippen LogP contribution in [0.25, 0.3) is 6.08 Å². The molecule has 0 spiro atoms. The van der Waals surface area contributed by atoms with Crippen LogP contribution in [0.5, 0.6) is 0 Å². The van der Waals surface area contributed by atoms with Gasteiger partial charge in [0.15, 0.2) is 0 Å². The van der Waals surface area contributed by atoms with Crippen LogP contribution in [0.3, 0.4) is 0 Å². The Morgan fingerprint density at radius 1 is 1.19 bits per heavy atom. The number of benzene rings is 2. The van der Waals surface area contributed by atoms with Gasteiger partial charge in [0.1, 0.15) is 5.82 Å². The number of hydrogen-bond acceptors (Lipinski definition) is 2. The Balaban J connectivity index is 2.46. The number of anilines is 2. The van der Waals surface area contributed by atoms with Crippen LogP contribution in [0, 0.1) is 12.7 Å². The molecule has 0 bridgehead atoms. The number of aryl methyl sites for hydroxylation is 1. The third-order valence-corrected chi connectivity index (χ3v) is 3.18. The molecule has 0 radical (unpaired) electrons. The topological polar surface area (TPSA) is 40.5 Å². The van der Waals surface area contributed by atoms with Crippen molar-refractivity contribution >= 4 is 23.4 Å². The third-order valence-electron chi connectivity index (χ3n) is 3.18. The molecular weight excluding hydrogens is 269 g/mol. The molecule has 2 aromatic rings. The van der Waals surface area contributed by atoms with E-state index in [0.29, 0.717) is 11.3 Å². The minimum absolute atomic E-state index is 0.346. The highest BCUT2D eigenvalue weighted by Gasteiger charge is 2.13. The zero-order chi connectivity index (χ0) is 15.4. The molecule has 0 saturated heterocycles. The van der Waals surface area contributed by atoms with E-state index >= 15 is 0 Å². The van der Waals surface area contributed by atoms with E-state index in [1.807, 2.05) is 31.2 Å². The number of carboxylic acid groups (broad SMARTS) is 1. The van der Waals surface area contributed by atoms with E-state index in [4.69, 9.17) is 5.11 Å². The predicted molar refractivity (Wildman–Crippen MR) is 82.3 cm³/mol. The Labute approximate surface area is 123 Å². The molecule has 0 aromatic heterocycles. The molecule has 0 amide bonds. The highest BCUT2D eigenvalue weighted by atomic mass is 19.1. The number of carboxylic acids is 1. The molecule has 0 aliphatic carbocycles. The number of para-hydroxylation sites is 1. The number of aliphatic carboxylic acids is 1. The number of rotatable bonds is 4.